The van der Waals surface area contributed by atoms with Crippen molar-refractivity contribution in [3.05, 3.63) is 143 Å². The third kappa shape index (κ3) is 4.63. The van der Waals surface area contributed by atoms with Gasteiger partial charge in [0.25, 0.3) is 0 Å². The smallest absolute Gasteiger partial charge is 0.238 e. The van der Waals surface area contributed by atoms with Crippen LogP contribution in [0.4, 0.5) is 5.69 Å². The standard InChI is InChI=1S/C42H34ClNO6/c1-2-50-34-15-9-14-30(39(34)47)37-28-20-21-29-36(41(49)44(40(29)48)27-18-16-26(43)17-19-27)32(28)22-33-38(46)31(24-10-5-3-6-11-24)23-35(45)42(33,37)25-12-7-4-8-13-25/h3-20,23,29,32-33,36-37,47H,2,21-22H2,1H3. The number of carbonyl (C=O) groups is 4. The molecule has 8 rings (SSSR count). The van der Waals surface area contributed by atoms with E-state index < -0.39 is 35.0 Å². The summed E-state index contributed by atoms with van der Waals surface area (Å²) in [5.74, 6) is -4.68. The van der Waals surface area contributed by atoms with E-state index in [2.05, 4.69) is 0 Å². The summed E-state index contributed by atoms with van der Waals surface area (Å²) in [5.41, 5.74) is 1.79. The van der Waals surface area contributed by atoms with Crippen LogP contribution in [-0.2, 0) is 24.6 Å². The van der Waals surface area contributed by atoms with Crippen LogP contribution < -0.4 is 9.64 Å². The maximum Gasteiger partial charge on any atom is 0.238 e. The zero-order valence-corrected chi connectivity index (χ0v) is 28.0. The van der Waals surface area contributed by atoms with Gasteiger partial charge in [-0.15, -0.1) is 0 Å². The van der Waals surface area contributed by atoms with Gasteiger partial charge in [-0.05, 0) is 73.2 Å². The molecule has 2 fully saturated rings. The summed E-state index contributed by atoms with van der Waals surface area (Å²) < 4.78 is 5.83. The van der Waals surface area contributed by atoms with Crippen molar-refractivity contribution in [2.75, 3.05) is 11.5 Å². The van der Waals surface area contributed by atoms with Gasteiger partial charge in [-0.25, -0.2) is 0 Å². The van der Waals surface area contributed by atoms with E-state index in [-0.39, 0.29) is 47.7 Å². The van der Waals surface area contributed by atoms with Crippen molar-refractivity contribution < 1.29 is 29.0 Å². The normalized spacial score (nSPS) is 27.2. The van der Waals surface area contributed by atoms with Crippen LogP contribution in [0.5, 0.6) is 11.5 Å². The quantitative estimate of drug-likeness (QED) is 0.167. The Hall–Kier alpha value is -5.27. The van der Waals surface area contributed by atoms with E-state index in [1.165, 1.54) is 11.0 Å². The van der Waals surface area contributed by atoms with Gasteiger partial charge in [-0.3, -0.25) is 24.1 Å². The van der Waals surface area contributed by atoms with Crippen LogP contribution in [0.2, 0.25) is 5.02 Å². The molecule has 1 saturated heterocycles. The number of ketones is 2. The lowest BCUT2D eigenvalue weighted by molar-refractivity contribution is -0.135. The van der Waals surface area contributed by atoms with Crippen molar-refractivity contribution in [1.82, 2.24) is 0 Å². The molecular weight excluding hydrogens is 650 g/mol. The Bertz CT molecular complexity index is 2110. The third-order valence-corrected chi connectivity index (χ3v) is 11.4. The highest BCUT2D eigenvalue weighted by Crippen LogP contribution is 2.65. The summed E-state index contributed by atoms with van der Waals surface area (Å²) in [5, 5.41) is 12.4. The zero-order chi connectivity index (χ0) is 34.7. The Balaban J connectivity index is 1.37. The molecule has 4 aromatic rings. The number of rotatable bonds is 6. The third-order valence-electron chi connectivity index (χ3n) is 11.1. The first kappa shape index (κ1) is 32.0. The molecule has 0 spiro atoms. The average molecular weight is 684 g/mol. The fourth-order valence-corrected chi connectivity index (χ4v) is 9.23. The first-order chi connectivity index (χ1) is 24.3. The van der Waals surface area contributed by atoms with Crippen LogP contribution in [0.25, 0.3) is 5.57 Å². The van der Waals surface area contributed by atoms with Crippen molar-refractivity contribution in [2.45, 2.75) is 31.1 Å². The Labute approximate surface area is 294 Å². The van der Waals surface area contributed by atoms with Crippen molar-refractivity contribution in [3.8, 4) is 11.5 Å². The van der Waals surface area contributed by atoms with Crippen LogP contribution in [-0.4, -0.2) is 35.1 Å². The minimum absolute atomic E-state index is 0.119. The molecule has 8 heteroatoms. The maximum absolute atomic E-state index is 15.2. The number of para-hydroxylation sites is 1. The number of allylic oxidation sites excluding steroid dienone is 4. The molecule has 250 valence electrons. The number of halogens is 1. The van der Waals surface area contributed by atoms with Gasteiger partial charge in [-0.1, -0.05) is 96.0 Å². The average Bonchev–Trinajstić information content (AvgIpc) is 3.40. The number of amides is 2. The second-order valence-corrected chi connectivity index (χ2v) is 13.8. The van der Waals surface area contributed by atoms with E-state index in [9.17, 15) is 14.7 Å². The topological polar surface area (TPSA) is 101 Å². The lowest BCUT2D eigenvalue weighted by Gasteiger charge is -2.55. The van der Waals surface area contributed by atoms with Gasteiger partial charge in [-0.2, -0.15) is 0 Å². The van der Waals surface area contributed by atoms with Crippen molar-refractivity contribution >= 4 is 46.2 Å². The van der Waals surface area contributed by atoms with Crippen molar-refractivity contribution in [3.63, 3.8) is 0 Å². The molecular formula is C42H34ClNO6. The summed E-state index contributed by atoms with van der Waals surface area (Å²) in [7, 11) is 0. The molecule has 0 radical (unpaired) electrons. The maximum atomic E-state index is 15.2. The summed E-state index contributed by atoms with van der Waals surface area (Å²) in [4.78, 5) is 59.9. The van der Waals surface area contributed by atoms with Gasteiger partial charge in [0.2, 0.25) is 11.8 Å². The number of phenolic OH excluding ortho intramolecular Hbond substituents is 1. The molecule has 7 nitrogen and oxygen atoms in total. The number of hydrogen-bond donors (Lipinski definition) is 1. The van der Waals surface area contributed by atoms with Crippen LogP contribution >= 0.6 is 11.6 Å². The highest BCUT2D eigenvalue weighted by atomic mass is 35.5. The molecule has 6 unspecified atom stereocenters. The number of anilines is 1. The van der Waals surface area contributed by atoms with Gasteiger partial charge in [0.15, 0.2) is 23.1 Å². The first-order valence-electron chi connectivity index (χ1n) is 17.0. The number of benzene rings is 4. The molecule has 50 heavy (non-hydrogen) atoms. The molecule has 3 aliphatic carbocycles. The van der Waals surface area contributed by atoms with Gasteiger partial charge in [0.05, 0.1) is 29.5 Å². The van der Waals surface area contributed by atoms with Gasteiger partial charge < -0.3 is 9.84 Å². The Morgan fingerprint density at radius 2 is 1.54 bits per heavy atom. The lowest BCUT2D eigenvalue weighted by Crippen LogP contribution is -2.58. The molecule has 1 saturated carbocycles. The fourth-order valence-electron chi connectivity index (χ4n) is 9.11. The summed E-state index contributed by atoms with van der Waals surface area (Å²) >= 11 is 6.14. The van der Waals surface area contributed by atoms with Crippen LogP contribution in [0, 0.1) is 23.7 Å². The molecule has 1 N–H and O–H groups in total. The van der Waals surface area contributed by atoms with E-state index >= 15 is 9.59 Å². The van der Waals surface area contributed by atoms with Crippen LogP contribution in [0.15, 0.2) is 121 Å². The van der Waals surface area contributed by atoms with Gasteiger partial charge in [0, 0.05) is 28.0 Å². The Morgan fingerprint density at radius 1 is 0.840 bits per heavy atom. The number of imide groups is 1. The van der Waals surface area contributed by atoms with Crippen LogP contribution in [0.3, 0.4) is 0 Å². The summed E-state index contributed by atoms with van der Waals surface area (Å²) in [6.45, 7) is 2.13. The minimum Gasteiger partial charge on any atom is -0.504 e. The molecule has 4 aromatic carbocycles. The second kappa shape index (κ2) is 12.3. The van der Waals surface area contributed by atoms with E-state index in [1.54, 1.807) is 42.5 Å². The van der Waals surface area contributed by atoms with E-state index in [4.69, 9.17) is 16.3 Å². The number of nitrogens with zero attached hydrogens (tertiary/aromatic N) is 1. The largest absolute Gasteiger partial charge is 0.504 e. The van der Waals surface area contributed by atoms with Gasteiger partial charge >= 0.3 is 0 Å². The number of hydrogen-bond acceptors (Lipinski definition) is 6. The van der Waals surface area contributed by atoms with Gasteiger partial charge in [0.1, 0.15) is 0 Å². The predicted molar refractivity (Wildman–Crippen MR) is 190 cm³/mol. The first-order valence-corrected chi connectivity index (χ1v) is 17.3. The second-order valence-electron chi connectivity index (χ2n) is 13.4. The van der Waals surface area contributed by atoms with Crippen molar-refractivity contribution in [2.24, 2.45) is 23.7 Å². The molecule has 6 atom stereocenters. The highest BCUT2D eigenvalue weighted by molar-refractivity contribution is 6.32. The van der Waals surface area contributed by atoms with E-state index in [0.29, 0.717) is 39.6 Å². The highest BCUT2D eigenvalue weighted by Gasteiger charge is 2.66. The molecule has 2 amide bonds. The Kier molecular flexibility index (Phi) is 7.83. The number of fused-ring (bicyclic) bond motifs is 4. The SMILES string of the molecule is CCOc1cccc(C2C3=CCC4C(=O)N(c5ccc(Cl)cc5)C(=O)C4C3CC3C(=O)C(c4ccccc4)=CC(=O)C32c2ccccc2)c1O. The van der Waals surface area contributed by atoms with E-state index in [0.717, 1.165) is 5.57 Å². The molecule has 1 aliphatic heterocycles. The molecule has 4 aliphatic rings. The van der Waals surface area contributed by atoms with E-state index in [1.807, 2.05) is 73.7 Å². The number of phenols is 1. The number of Topliss-reactive ketones (excluding diaryl/α,β-unsaturated/α-hetero) is 1. The van der Waals surface area contributed by atoms with Crippen LogP contribution in [0.1, 0.15) is 42.4 Å². The summed E-state index contributed by atoms with van der Waals surface area (Å²) in [6.07, 6.45) is 3.90. The number of ether oxygens (including phenoxy) is 1. The molecule has 0 aromatic heterocycles. The number of carbonyl (C=O) groups excluding carboxylic acids is 4. The molecule has 1 heterocycles. The predicted octanol–water partition coefficient (Wildman–Crippen LogP) is 7.47. The fraction of sp³-hybridized carbons (Fsp3) is 0.238. The summed E-state index contributed by atoms with van der Waals surface area (Å²) in [6, 6.07) is 30.3. The molecule has 0 bridgehead atoms. The Morgan fingerprint density at radius 3 is 2.24 bits per heavy atom. The monoisotopic (exact) mass is 683 g/mol. The minimum atomic E-state index is -1.45. The van der Waals surface area contributed by atoms with Crippen molar-refractivity contribution in [1.29, 1.82) is 0 Å². The zero-order valence-electron chi connectivity index (χ0n) is 27.3. The number of aromatic hydroxyl groups is 1. The lowest BCUT2D eigenvalue weighted by atomic mass is 9.44.